The van der Waals surface area contributed by atoms with Crippen molar-refractivity contribution in [2.24, 2.45) is 0 Å². The Bertz CT molecular complexity index is 848. The van der Waals surface area contributed by atoms with E-state index in [9.17, 15) is 24.2 Å². The average molecular weight is 691 g/mol. The summed E-state index contributed by atoms with van der Waals surface area (Å²) in [5.74, 6) is -0.948. The van der Waals surface area contributed by atoms with Gasteiger partial charge in [0, 0.05) is 12.8 Å². The van der Waals surface area contributed by atoms with Crippen LogP contribution in [0.1, 0.15) is 155 Å². The topological polar surface area (TPSA) is 149 Å². The Hall–Kier alpha value is -1.55. The van der Waals surface area contributed by atoms with E-state index in [2.05, 4.69) is 42.7 Å². The molecule has 0 aliphatic carbocycles. The van der Waals surface area contributed by atoms with Crippen LogP contribution in [0.3, 0.4) is 0 Å². The van der Waals surface area contributed by atoms with Crippen molar-refractivity contribution in [1.82, 2.24) is 0 Å². The maximum Gasteiger partial charge on any atom is 0.472 e. The van der Waals surface area contributed by atoms with Crippen LogP contribution in [0.2, 0.25) is 0 Å². The number of ether oxygens (including phenoxy) is 2. The zero-order valence-electron chi connectivity index (χ0n) is 29.5. The number of carbonyl (C=O) groups excluding carboxylic acids is 2. The van der Waals surface area contributed by atoms with E-state index < -0.39 is 51.8 Å². The number of hydrogen-bond acceptors (Lipinski definition) is 9. The van der Waals surface area contributed by atoms with Gasteiger partial charge in [0.05, 0.1) is 19.8 Å². The van der Waals surface area contributed by atoms with Gasteiger partial charge in [0.2, 0.25) is 0 Å². The number of hydrogen-bond donors (Lipinski definition) is 3. The van der Waals surface area contributed by atoms with Crippen molar-refractivity contribution in [3.05, 3.63) is 24.3 Å². The van der Waals surface area contributed by atoms with Crippen LogP contribution in [0.5, 0.6) is 0 Å². The zero-order chi connectivity index (χ0) is 34.9. The van der Waals surface area contributed by atoms with Crippen LogP contribution in [0.25, 0.3) is 0 Å². The Balaban J connectivity index is 4.42. The van der Waals surface area contributed by atoms with E-state index in [1.165, 1.54) is 38.5 Å². The van der Waals surface area contributed by atoms with E-state index in [4.69, 9.17) is 19.1 Å². The van der Waals surface area contributed by atoms with Crippen LogP contribution in [0.15, 0.2) is 24.3 Å². The first-order valence-corrected chi connectivity index (χ1v) is 19.8. The number of carbonyl (C=O) groups is 2. The number of esters is 2. The fourth-order valence-corrected chi connectivity index (χ4v) is 5.48. The molecular formula is C36H67O10P. The second-order valence-electron chi connectivity index (χ2n) is 12.2. The molecule has 276 valence electrons. The largest absolute Gasteiger partial charge is 0.472 e. The molecule has 0 aromatic heterocycles. The van der Waals surface area contributed by atoms with Gasteiger partial charge in [-0.25, -0.2) is 4.57 Å². The molecule has 3 N–H and O–H groups in total. The number of unbranched alkanes of at least 4 members (excludes halogenated alkanes) is 16. The quantitative estimate of drug-likeness (QED) is 0.0259. The Morgan fingerprint density at radius 1 is 0.617 bits per heavy atom. The molecule has 0 bridgehead atoms. The highest BCUT2D eigenvalue weighted by atomic mass is 31.2. The maximum atomic E-state index is 12.5. The lowest BCUT2D eigenvalue weighted by Crippen LogP contribution is -2.29. The second-order valence-corrected chi connectivity index (χ2v) is 13.7. The first-order chi connectivity index (χ1) is 22.7. The number of phosphoric ester groups is 1. The van der Waals surface area contributed by atoms with Crippen molar-refractivity contribution in [1.29, 1.82) is 0 Å². The first kappa shape index (κ1) is 45.5. The predicted octanol–water partition coefficient (Wildman–Crippen LogP) is 8.66. The highest BCUT2D eigenvalue weighted by Crippen LogP contribution is 2.43. The van der Waals surface area contributed by atoms with Crippen molar-refractivity contribution < 1.29 is 47.8 Å². The molecule has 0 saturated carbocycles. The molecule has 0 heterocycles. The monoisotopic (exact) mass is 690 g/mol. The molecular weight excluding hydrogens is 623 g/mol. The van der Waals surface area contributed by atoms with E-state index in [0.717, 1.165) is 77.0 Å². The Labute approximate surface area is 285 Å². The SMILES string of the molecule is CCCCC/C=C\CCCCCCCC(=O)OCC(COP(=O)(O)OCC(O)CO)OC(=O)CCCCCCC/C=C\CCCCC. The summed E-state index contributed by atoms with van der Waals surface area (Å²) in [5, 5.41) is 18.2. The van der Waals surface area contributed by atoms with Gasteiger partial charge in [-0.2, -0.15) is 0 Å². The highest BCUT2D eigenvalue weighted by molar-refractivity contribution is 7.47. The molecule has 0 radical (unpaired) electrons. The fourth-order valence-electron chi connectivity index (χ4n) is 4.69. The van der Waals surface area contributed by atoms with Gasteiger partial charge in [0.1, 0.15) is 12.7 Å². The van der Waals surface area contributed by atoms with Crippen LogP contribution < -0.4 is 0 Å². The lowest BCUT2D eigenvalue weighted by Gasteiger charge is -2.20. The van der Waals surface area contributed by atoms with E-state index >= 15 is 0 Å². The van der Waals surface area contributed by atoms with E-state index in [-0.39, 0.29) is 19.4 Å². The Morgan fingerprint density at radius 2 is 1.04 bits per heavy atom. The zero-order valence-corrected chi connectivity index (χ0v) is 30.4. The van der Waals surface area contributed by atoms with Crippen molar-refractivity contribution in [3.63, 3.8) is 0 Å². The summed E-state index contributed by atoms with van der Waals surface area (Å²) in [5.41, 5.74) is 0. The van der Waals surface area contributed by atoms with Crippen LogP contribution in [-0.2, 0) is 32.7 Å². The van der Waals surface area contributed by atoms with Crippen molar-refractivity contribution in [2.45, 2.75) is 167 Å². The van der Waals surface area contributed by atoms with Crippen molar-refractivity contribution in [2.75, 3.05) is 26.4 Å². The molecule has 0 spiro atoms. The molecule has 0 fully saturated rings. The smallest absolute Gasteiger partial charge is 0.462 e. The molecule has 10 nitrogen and oxygen atoms in total. The van der Waals surface area contributed by atoms with Gasteiger partial charge in [-0.3, -0.25) is 18.6 Å². The summed E-state index contributed by atoms with van der Waals surface area (Å²) < 4.78 is 32.5. The minimum absolute atomic E-state index is 0.173. The van der Waals surface area contributed by atoms with Gasteiger partial charge < -0.3 is 24.6 Å². The summed E-state index contributed by atoms with van der Waals surface area (Å²) in [7, 11) is -4.61. The van der Waals surface area contributed by atoms with Gasteiger partial charge >= 0.3 is 19.8 Å². The van der Waals surface area contributed by atoms with E-state index in [0.29, 0.717) is 12.8 Å². The van der Waals surface area contributed by atoms with Gasteiger partial charge in [-0.1, -0.05) is 102 Å². The van der Waals surface area contributed by atoms with E-state index in [1.807, 2.05) is 0 Å². The minimum atomic E-state index is -4.61. The molecule has 0 aromatic rings. The number of aliphatic hydroxyl groups excluding tert-OH is 2. The van der Waals surface area contributed by atoms with Crippen LogP contribution in [0, 0.1) is 0 Å². The number of allylic oxidation sites excluding steroid dienone is 4. The third-order valence-electron chi connectivity index (χ3n) is 7.58. The van der Waals surface area contributed by atoms with Gasteiger partial charge in [-0.15, -0.1) is 0 Å². The standard InChI is InChI=1S/C36H67O10P/c1-3-5-7-9-11-13-15-17-19-21-23-25-27-35(39)43-31-34(32-45-47(41,42)44-30-33(38)29-37)46-36(40)28-26-24-22-20-18-16-14-12-10-8-6-4-2/h11-14,33-34,37-38H,3-10,15-32H2,1-2H3,(H,41,42)/b13-11-,14-12-. The third kappa shape index (κ3) is 32.8. The summed E-state index contributed by atoms with van der Waals surface area (Å²) in [6.45, 7) is 2.28. The van der Waals surface area contributed by atoms with Gasteiger partial charge in [0.15, 0.2) is 6.10 Å². The normalized spacial score (nSPS) is 14.4. The fraction of sp³-hybridized carbons (Fsp3) is 0.833. The van der Waals surface area contributed by atoms with Crippen molar-refractivity contribution in [3.8, 4) is 0 Å². The molecule has 47 heavy (non-hydrogen) atoms. The lowest BCUT2D eigenvalue weighted by molar-refractivity contribution is -0.161. The Morgan fingerprint density at radius 3 is 1.53 bits per heavy atom. The molecule has 11 heteroatoms. The molecule has 0 aliphatic rings. The molecule has 0 aliphatic heterocycles. The summed E-state index contributed by atoms with van der Waals surface area (Å²) >= 11 is 0. The summed E-state index contributed by atoms with van der Waals surface area (Å²) in [6.07, 6.45) is 28.6. The second kappa shape index (κ2) is 33.0. The van der Waals surface area contributed by atoms with Crippen molar-refractivity contribution >= 4 is 19.8 Å². The van der Waals surface area contributed by atoms with Gasteiger partial charge in [0.25, 0.3) is 0 Å². The molecule has 3 unspecified atom stereocenters. The Kier molecular flexibility index (Phi) is 31.9. The molecule has 0 aromatic carbocycles. The van der Waals surface area contributed by atoms with Gasteiger partial charge in [-0.05, 0) is 64.2 Å². The minimum Gasteiger partial charge on any atom is -0.462 e. The first-order valence-electron chi connectivity index (χ1n) is 18.3. The van der Waals surface area contributed by atoms with Crippen LogP contribution in [-0.4, -0.2) is 65.7 Å². The maximum absolute atomic E-state index is 12.5. The number of phosphoric acid groups is 1. The summed E-state index contributed by atoms with van der Waals surface area (Å²) in [6, 6.07) is 0. The van der Waals surface area contributed by atoms with Crippen LogP contribution >= 0.6 is 7.82 Å². The average Bonchev–Trinajstić information content (AvgIpc) is 3.05. The third-order valence-corrected chi connectivity index (χ3v) is 8.53. The highest BCUT2D eigenvalue weighted by Gasteiger charge is 2.27. The van der Waals surface area contributed by atoms with Crippen LogP contribution in [0.4, 0.5) is 0 Å². The number of rotatable bonds is 34. The molecule has 0 rings (SSSR count). The number of aliphatic hydroxyl groups is 2. The molecule has 0 saturated heterocycles. The predicted molar refractivity (Wildman–Crippen MR) is 187 cm³/mol. The summed E-state index contributed by atoms with van der Waals surface area (Å²) in [4.78, 5) is 34.7. The van der Waals surface area contributed by atoms with E-state index in [1.54, 1.807) is 0 Å². The lowest BCUT2D eigenvalue weighted by atomic mass is 10.1. The molecule has 3 atom stereocenters. The molecule has 0 amide bonds.